The van der Waals surface area contributed by atoms with Crippen molar-refractivity contribution < 1.29 is 13.2 Å². The van der Waals surface area contributed by atoms with E-state index in [1.807, 2.05) is 0 Å². The van der Waals surface area contributed by atoms with Crippen LogP contribution < -0.4 is 5.73 Å². The lowest BCUT2D eigenvalue weighted by atomic mass is 9.64. The van der Waals surface area contributed by atoms with Gasteiger partial charge in [0.1, 0.15) is 5.82 Å². The first-order chi connectivity index (χ1) is 6.97. The Labute approximate surface area is 85.3 Å². The molecule has 1 aromatic rings. The molecule has 5 heteroatoms. The summed E-state index contributed by atoms with van der Waals surface area (Å²) in [6, 6.07) is 2.65. The van der Waals surface area contributed by atoms with Crippen LogP contribution in [0.25, 0.3) is 0 Å². The summed E-state index contributed by atoms with van der Waals surface area (Å²) in [5.74, 6) is -3.13. The number of nitrogens with zero attached hydrogens (tertiary/aromatic N) is 1. The van der Waals surface area contributed by atoms with Gasteiger partial charge in [0.25, 0.3) is 0 Å². The van der Waals surface area contributed by atoms with E-state index >= 15 is 0 Å². The Morgan fingerprint density at radius 1 is 1.33 bits per heavy atom. The second-order valence-electron chi connectivity index (χ2n) is 4.06. The lowest BCUT2D eigenvalue weighted by Gasteiger charge is -2.46. The van der Waals surface area contributed by atoms with Crippen LogP contribution in [-0.2, 0) is 5.41 Å². The highest BCUT2D eigenvalue weighted by Crippen LogP contribution is 2.52. The molecule has 1 fully saturated rings. The van der Waals surface area contributed by atoms with E-state index in [1.165, 1.54) is 12.1 Å². The zero-order chi connectivity index (χ0) is 11.1. The van der Waals surface area contributed by atoms with Crippen molar-refractivity contribution in [1.82, 2.24) is 4.98 Å². The lowest BCUT2D eigenvalue weighted by Crippen LogP contribution is -2.54. The van der Waals surface area contributed by atoms with E-state index in [0.29, 0.717) is 5.69 Å². The van der Waals surface area contributed by atoms with E-state index in [0.717, 1.165) is 6.20 Å². The van der Waals surface area contributed by atoms with E-state index in [-0.39, 0.29) is 19.4 Å². The van der Waals surface area contributed by atoms with Crippen LogP contribution in [0.15, 0.2) is 18.3 Å². The van der Waals surface area contributed by atoms with Gasteiger partial charge in [0.05, 0.1) is 6.20 Å². The van der Waals surface area contributed by atoms with Gasteiger partial charge in [-0.1, -0.05) is 0 Å². The van der Waals surface area contributed by atoms with Crippen LogP contribution in [0.5, 0.6) is 0 Å². The minimum Gasteiger partial charge on any atom is -0.330 e. The summed E-state index contributed by atoms with van der Waals surface area (Å²) >= 11 is 0. The maximum atomic E-state index is 12.8. The maximum Gasteiger partial charge on any atom is 0.250 e. The quantitative estimate of drug-likeness (QED) is 0.819. The second-order valence-corrected chi connectivity index (χ2v) is 4.06. The summed E-state index contributed by atoms with van der Waals surface area (Å²) < 4.78 is 38.3. The minimum absolute atomic E-state index is 0.112. The Morgan fingerprint density at radius 3 is 2.40 bits per heavy atom. The van der Waals surface area contributed by atoms with Crippen molar-refractivity contribution >= 4 is 0 Å². The first-order valence-corrected chi connectivity index (χ1v) is 4.67. The van der Waals surface area contributed by atoms with Crippen LogP contribution >= 0.6 is 0 Å². The van der Waals surface area contributed by atoms with Gasteiger partial charge in [-0.25, -0.2) is 13.2 Å². The van der Waals surface area contributed by atoms with E-state index < -0.39 is 17.2 Å². The van der Waals surface area contributed by atoms with Gasteiger partial charge in [0.15, 0.2) is 0 Å². The standard InChI is InChI=1S/C10H11F3N2/c11-7-1-2-8(15-3-7)9(6-14)4-10(12,13)5-9/h1-3H,4-6,14H2. The van der Waals surface area contributed by atoms with Crippen LogP contribution in [0.1, 0.15) is 18.5 Å². The number of halogens is 3. The number of hydrogen-bond donors (Lipinski definition) is 1. The molecule has 0 radical (unpaired) electrons. The molecule has 2 rings (SSSR count). The van der Waals surface area contributed by atoms with Crippen molar-refractivity contribution in [2.24, 2.45) is 5.73 Å². The van der Waals surface area contributed by atoms with Crippen LogP contribution in [0.4, 0.5) is 13.2 Å². The highest BCUT2D eigenvalue weighted by molar-refractivity contribution is 5.25. The molecular formula is C10H11F3N2. The molecule has 0 unspecified atom stereocenters. The lowest BCUT2D eigenvalue weighted by molar-refractivity contribution is -0.125. The fraction of sp³-hybridized carbons (Fsp3) is 0.500. The zero-order valence-electron chi connectivity index (χ0n) is 8.01. The molecule has 0 atom stereocenters. The van der Waals surface area contributed by atoms with Gasteiger partial charge < -0.3 is 5.73 Å². The van der Waals surface area contributed by atoms with Crippen LogP contribution in [0, 0.1) is 5.82 Å². The van der Waals surface area contributed by atoms with E-state index in [9.17, 15) is 13.2 Å². The minimum atomic E-state index is -2.66. The zero-order valence-corrected chi connectivity index (χ0v) is 8.01. The Balaban J connectivity index is 2.25. The van der Waals surface area contributed by atoms with Gasteiger partial charge >= 0.3 is 0 Å². The molecule has 0 amide bonds. The summed E-state index contributed by atoms with van der Waals surface area (Å²) in [7, 11) is 0. The smallest absolute Gasteiger partial charge is 0.250 e. The van der Waals surface area contributed by atoms with Gasteiger partial charge in [-0.2, -0.15) is 0 Å². The average Bonchev–Trinajstić information content (AvgIpc) is 2.14. The molecule has 2 nitrogen and oxygen atoms in total. The van der Waals surface area contributed by atoms with Crippen LogP contribution in [0.2, 0.25) is 0 Å². The van der Waals surface area contributed by atoms with Crippen molar-refractivity contribution in [1.29, 1.82) is 0 Å². The summed E-state index contributed by atoms with van der Waals surface area (Å²) in [5, 5.41) is 0. The monoisotopic (exact) mass is 216 g/mol. The molecule has 0 saturated heterocycles. The number of nitrogens with two attached hydrogens (primary N) is 1. The molecule has 0 spiro atoms. The predicted molar refractivity (Wildman–Crippen MR) is 49.1 cm³/mol. The average molecular weight is 216 g/mol. The highest BCUT2D eigenvalue weighted by Gasteiger charge is 2.57. The maximum absolute atomic E-state index is 12.8. The van der Waals surface area contributed by atoms with Crippen molar-refractivity contribution in [2.45, 2.75) is 24.2 Å². The Bertz CT molecular complexity index is 353. The third kappa shape index (κ3) is 1.71. The summed E-state index contributed by atoms with van der Waals surface area (Å²) in [6.07, 6.45) is 0.438. The number of pyridine rings is 1. The van der Waals surface area contributed by atoms with Gasteiger partial charge in [-0.15, -0.1) is 0 Å². The van der Waals surface area contributed by atoms with Crippen LogP contribution in [0.3, 0.4) is 0 Å². The van der Waals surface area contributed by atoms with E-state index in [1.54, 1.807) is 0 Å². The SMILES string of the molecule is NCC1(c2ccc(F)cn2)CC(F)(F)C1. The molecule has 1 saturated carbocycles. The van der Waals surface area contributed by atoms with Crippen LogP contribution in [-0.4, -0.2) is 17.5 Å². The van der Waals surface area contributed by atoms with Gasteiger partial charge in [0.2, 0.25) is 5.92 Å². The molecule has 1 aliphatic carbocycles. The molecule has 15 heavy (non-hydrogen) atoms. The Hall–Kier alpha value is -1.10. The molecule has 0 bridgehead atoms. The Morgan fingerprint density at radius 2 is 2.00 bits per heavy atom. The van der Waals surface area contributed by atoms with Crippen molar-refractivity contribution in [3.05, 3.63) is 29.8 Å². The first-order valence-electron chi connectivity index (χ1n) is 4.67. The molecule has 1 aromatic heterocycles. The first kappa shape index (κ1) is 10.4. The van der Waals surface area contributed by atoms with E-state index in [4.69, 9.17) is 5.73 Å². The van der Waals surface area contributed by atoms with Gasteiger partial charge in [-0.05, 0) is 12.1 Å². The Kier molecular flexibility index (Phi) is 2.22. The molecule has 1 heterocycles. The largest absolute Gasteiger partial charge is 0.330 e. The van der Waals surface area contributed by atoms with Gasteiger partial charge in [0, 0.05) is 30.5 Å². The summed E-state index contributed by atoms with van der Waals surface area (Å²) in [4.78, 5) is 3.82. The molecule has 2 N–H and O–H groups in total. The molecular weight excluding hydrogens is 205 g/mol. The van der Waals surface area contributed by atoms with Crippen molar-refractivity contribution in [2.75, 3.05) is 6.54 Å². The normalized spacial score (nSPS) is 22.1. The van der Waals surface area contributed by atoms with Gasteiger partial charge in [-0.3, -0.25) is 4.98 Å². The summed E-state index contributed by atoms with van der Waals surface area (Å²) in [6.45, 7) is 0.112. The number of alkyl halides is 2. The molecule has 0 aliphatic heterocycles. The molecule has 0 aromatic carbocycles. The molecule has 1 aliphatic rings. The highest BCUT2D eigenvalue weighted by atomic mass is 19.3. The fourth-order valence-corrected chi connectivity index (χ4v) is 2.06. The van der Waals surface area contributed by atoms with E-state index in [2.05, 4.69) is 4.98 Å². The fourth-order valence-electron chi connectivity index (χ4n) is 2.06. The topological polar surface area (TPSA) is 38.9 Å². The number of rotatable bonds is 2. The van der Waals surface area contributed by atoms with Crippen molar-refractivity contribution in [3.63, 3.8) is 0 Å². The third-order valence-corrected chi connectivity index (χ3v) is 2.86. The number of hydrogen-bond acceptors (Lipinski definition) is 2. The predicted octanol–water partition coefficient (Wildman–Crippen LogP) is 1.85. The summed E-state index contributed by atoms with van der Waals surface area (Å²) in [5.41, 5.74) is 5.18. The van der Waals surface area contributed by atoms with Crippen molar-refractivity contribution in [3.8, 4) is 0 Å². The third-order valence-electron chi connectivity index (χ3n) is 2.86. The second kappa shape index (κ2) is 3.20. The molecule has 82 valence electrons. The number of aromatic nitrogens is 1.